The second-order valence-electron chi connectivity index (χ2n) is 6.94. The molecule has 1 fully saturated rings. The fraction of sp³-hybridized carbons (Fsp3) is 0.400. The third-order valence-electron chi connectivity index (χ3n) is 5.20. The summed E-state index contributed by atoms with van der Waals surface area (Å²) in [4.78, 5) is 36.0. The van der Waals surface area contributed by atoms with Crippen LogP contribution in [0.3, 0.4) is 0 Å². The maximum atomic E-state index is 13.2. The van der Waals surface area contributed by atoms with Crippen LogP contribution in [0.15, 0.2) is 35.3 Å². The van der Waals surface area contributed by atoms with Crippen LogP contribution in [-0.2, 0) is 6.42 Å². The highest BCUT2D eigenvalue weighted by Crippen LogP contribution is 2.32. The number of carbonyl (C=O) groups excluding carboxylic acids is 1. The molecule has 0 spiro atoms. The van der Waals surface area contributed by atoms with E-state index in [2.05, 4.69) is 15.1 Å². The van der Waals surface area contributed by atoms with E-state index in [1.54, 1.807) is 24.4 Å². The van der Waals surface area contributed by atoms with E-state index in [0.717, 1.165) is 30.7 Å². The summed E-state index contributed by atoms with van der Waals surface area (Å²) in [5.41, 5.74) is 2.57. The van der Waals surface area contributed by atoms with Crippen LogP contribution in [0, 0.1) is 0 Å². The normalized spacial score (nSPS) is 17.1. The SMILES string of the molecule is CCc1cc(=O)n2[nH]c([C@H]3CCCCN3C(=O)c3ccnc(OC)c3)cc2n1. The van der Waals surface area contributed by atoms with Gasteiger partial charge in [-0.25, -0.2) is 14.5 Å². The van der Waals surface area contributed by atoms with Crippen molar-refractivity contribution in [1.82, 2.24) is 24.5 Å². The van der Waals surface area contributed by atoms with Crippen LogP contribution in [0.2, 0.25) is 0 Å². The summed E-state index contributed by atoms with van der Waals surface area (Å²) in [5, 5.41) is 3.15. The molecule has 4 rings (SSSR count). The summed E-state index contributed by atoms with van der Waals surface area (Å²) in [6.45, 7) is 2.63. The molecular formula is C20H23N5O3. The largest absolute Gasteiger partial charge is 0.481 e. The molecule has 1 aliphatic rings. The first-order valence-corrected chi connectivity index (χ1v) is 9.53. The Bertz CT molecular complexity index is 1070. The average molecular weight is 381 g/mol. The quantitative estimate of drug-likeness (QED) is 0.749. The second-order valence-corrected chi connectivity index (χ2v) is 6.94. The smallest absolute Gasteiger partial charge is 0.272 e. The number of nitrogens with one attached hydrogen (secondary N) is 1. The minimum Gasteiger partial charge on any atom is -0.481 e. The van der Waals surface area contributed by atoms with Crippen LogP contribution >= 0.6 is 0 Å². The van der Waals surface area contributed by atoms with E-state index in [9.17, 15) is 9.59 Å². The van der Waals surface area contributed by atoms with Gasteiger partial charge in [0.25, 0.3) is 11.5 Å². The number of hydrogen-bond acceptors (Lipinski definition) is 5. The van der Waals surface area contributed by atoms with Gasteiger partial charge in [0.05, 0.1) is 18.8 Å². The molecule has 0 bridgehead atoms. The molecule has 28 heavy (non-hydrogen) atoms. The van der Waals surface area contributed by atoms with Gasteiger partial charge in [-0.05, 0) is 31.7 Å². The Kier molecular flexibility index (Phi) is 4.85. The number of methoxy groups -OCH3 is 1. The Labute approximate surface area is 162 Å². The van der Waals surface area contributed by atoms with Gasteiger partial charge < -0.3 is 9.64 Å². The average Bonchev–Trinajstić information content (AvgIpc) is 3.18. The van der Waals surface area contributed by atoms with E-state index in [1.807, 2.05) is 17.9 Å². The number of H-pyrrole nitrogens is 1. The van der Waals surface area contributed by atoms with Gasteiger partial charge in [0, 0.05) is 42.2 Å². The highest BCUT2D eigenvalue weighted by atomic mass is 16.5. The first-order chi connectivity index (χ1) is 13.6. The molecule has 1 aliphatic heterocycles. The van der Waals surface area contributed by atoms with Gasteiger partial charge in [-0.2, -0.15) is 0 Å². The van der Waals surface area contributed by atoms with Gasteiger partial charge >= 0.3 is 0 Å². The van der Waals surface area contributed by atoms with Crippen molar-refractivity contribution >= 4 is 11.6 Å². The highest BCUT2D eigenvalue weighted by Gasteiger charge is 2.30. The van der Waals surface area contributed by atoms with Gasteiger partial charge in [0.2, 0.25) is 5.88 Å². The van der Waals surface area contributed by atoms with E-state index in [1.165, 1.54) is 11.6 Å². The number of nitrogens with zero attached hydrogens (tertiary/aromatic N) is 4. The van der Waals surface area contributed by atoms with Crippen molar-refractivity contribution in [2.45, 2.75) is 38.6 Å². The minimum atomic E-state index is -0.138. The molecule has 0 aliphatic carbocycles. The number of aromatic nitrogens is 4. The molecule has 0 aromatic carbocycles. The van der Waals surface area contributed by atoms with Crippen molar-refractivity contribution in [2.75, 3.05) is 13.7 Å². The van der Waals surface area contributed by atoms with Crippen molar-refractivity contribution in [1.29, 1.82) is 0 Å². The number of aromatic amines is 1. The van der Waals surface area contributed by atoms with E-state index in [-0.39, 0.29) is 17.5 Å². The number of rotatable bonds is 4. The third kappa shape index (κ3) is 3.26. The Morgan fingerprint density at radius 1 is 1.32 bits per heavy atom. The number of likely N-dealkylation sites (tertiary alicyclic amines) is 1. The van der Waals surface area contributed by atoms with Crippen LogP contribution in [-0.4, -0.2) is 44.0 Å². The lowest BCUT2D eigenvalue weighted by Crippen LogP contribution is -2.38. The third-order valence-corrected chi connectivity index (χ3v) is 5.20. The number of piperidine rings is 1. The number of amides is 1. The Hall–Kier alpha value is -3.16. The van der Waals surface area contributed by atoms with E-state index >= 15 is 0 Å². The van der Waals surface area contributed by atoms with E-state index in [4.69, 9.17) is 4.74 Å². The van der Waals surface area contributed by atoms with Crippen molar-refractivity contribution in [3.63, 3.8) is 0 Å². The summed E-state index contributed by atoms with van der Waals surface area (Å²) in [6.07, 6.45) is 5.07. The van der Waals surface area contributed by atoms with Crippen LogP contribution in [0.25, 0.3) is 5.65 Å². The monoisotopic (exact) mass is 381 g/mol. The lowest BCUT2D eigenvalue weighted by atomic mass is 9.98. The van der Waals surface area contributed by atoms with Crippen molar-refractivity contribution < 1.29 is 9.53 Å². The molecule has 3 aromatic heterocycles. The van der Waals surface area contributed by atoms with E-state index in [0.29, 0.717) is 30.1 Å². The highest BCUT2D eigenvalue weighted by molar-refractivity contribution is 5.94. The lowest BCUT2D eigenvalue weighted by molar-refractivity contribution is 0.0605. The molecule has 146 valence electrons. The maximum Gasteiger partial charge on any atom is 0.272 e. The summed E-state index contributed by atoms with van der Waals surface area (Å²) < 4.78 is 6.59. The standard InChI is InChI=1S/C20H23N5O3/c1-3-14-11-19(26)25-17(22-14)12-15(23-25)16-6-4-5-9-24(16)20(27)13-7-8-21-18(10-13)28-2/h7-8,10-12,16,23H,3-6,9H2,1-2H3/t16-/m1/s1. The fourth-order valence-electron chi connectivity index (χ4n) is 3.73. The molecule has 8 nitrogen and oxygen atoms in total. The maximum absolute atomic E-state index is 13.2. The minimum absolute atomic E-state index is 0.0707. The van der Waals surface area contributed by atoms with Crippen molar-refractivity contribution in [3.05, 3.63) is 57.8 Å². The number of hydrogen-bond donors (Lipinski definition) is 1. The summed E-state index contributed by atoms with van der Waals surface area (Å²) in [5.74, 6) is 0.339. The van der Waals surface area contributed by atoms with Crippen LogP contribution in [0.5, 0.6) is 5.88 Å². The number of carbonyl (C=O) groups is 1. The predicted octanol–water partition coefficient (Wildman–Crippen LogP) is 2.36. The zero-order valence-electron chi connectivity index (χ0n) is 16.0. The van der Waals surface area contributed by atoms with Crippen LogP contribution in [0.1, 0.15) is 54.0 Å². The topological polar surface area (TPSA) is 92.6 Å². The number of fused-ring (bicyclic) bond motifs is 1. The Morgan fingerprint density at radius 2 is 2.18 bits per heavy atom. The summed E-state index contributed by atoms with van der Waals surface area (Å²) in [7, 11) is 1.53. The number of aryl methyl sites for hydroxylation is 1. The lowest BCUT2D eigenvalue weighted by Gasteiger charge is -2.35. The molecule has 1 N–H and O–H groups in total. The fourth-order valence-corrected chi connectivity index (χ4v) is 3.73. The first-order valence-electron chi connectivity index (χ1n) is 9.53. The van der Waals surface area contributed by atoms with Crippen LogP contribution < -0.4 is 10.3 Å². The zero-order chi connectivity index (χ0) is 19.7. The molecule has 1 saturated heterocycles. The number of pyridine rings is 1. The van der Waals surface area contributed by atoms with Gasteiger partial charge in [-0.15, -0.1) is 0 Å². The van der Waals surface area contributed by atoms with Crippen molar-refractivity contribution in [2.24, 2.45) is 0 Å². The van der Waals surface area contributed by atoms with Crippen molar-refractivity contribution in [3.8, 4) is 5.88 Å². The van der Waals surface area contributed by atoms with E-state index < -0.39 is 0 Å². The summed E-state index contributed by atoms with van der Waals surface area (Å²) >= 11 is 0. The Balaban J connectivity index is 1.71. The molecule has 0 radical (unpaired) electrons. The molecule has 3 aromatic rings. The molecule has 1 atom stereocenters. The second kappa shape index (κ2) is 7.46. The molecule has 4 heterocycles. The van der Waals surface area contributed by atoms with Gasteiger partial charge in [-0.3, -0.25) is 14.7 Å². The first kappa shape index (κ1) is 18.2. The Morgan fingerprint density at radius 3 is 2.96 bits per heavy atom. The molecule has 8 heteroatoms. The molecular weight excluding hydrogens is 358 g/mol. The molecule has 1 amide bonds. The van der Waals surface area contributed by atoms with Gasteiger partial charge in [0.15, 0.2) is 5.65 Å². The van der Waals surface area contributed by atoms with Gasteiger partial charge in [0.1, 0.15) is 0 Å². The molecule has 0 unspecified atom stereocenters. The summed E-state index contributed by atoms with van der Waals surface area (Å²) in [6, 6.07) is 6.64. The number of ether oxygens (including phenoxy) is 1. The molecule has 0 saturated carbocycles. The predicted molar refractivity (Wildman–Crippen MR) is 104 cm³/mol. The van der Waals surface area contributed by atoms with Crippen LogP contribution in [0.4, 0.5) is 0 Å². The van der Waals surface area contributed by atoms with Gasteiger partial charge in [-0.1, -0.05) is 6.92 Å². The zero-order valence-corrected chi connectivity index (χ0v) is 16.0.